The Morgan fingerprint density at radius 1 is 1.27 bits per heavy atom. The molecule has 0 spiro atoms. The van der Waals surface area contributed by atoms with Crippen molar-refractivity contribution in [1.82, 2.24) is 5.32 Å². The number of benzene rings is 1. The fourth-order valence-electron chi connectivity index (χ4n) is 1.32. The van der Waals surface area contributed by atoms with E-state index >= 15 is 0 Å². The molecule has 0 heterocycles. The zero-order valence-corrected chi connectivity index (χ0v) is 9.50. The van der Waals surface area contributed by atoms with Crippen molar-refractivity contribution in [3.63, 3.8) is 0 Å². The number of anilines is 1. The molecule has 82 valence electrons. The molecule has 0 aliphatic carbocycles. The molecule has 0 unspecified atom stereocenters. The molecule has 0 aromatic heterocycles. The lowest BCUT2D eigenvalue weighted by molar-refractivity contribution is -0.115. The number of hydrogen-bond acceptors (Lipinski definition) is 2. The van der Waals surface area contributed by atoms with E-state index in [1.54, 1.807) is 7.05 Å². The molecule has 0 radical (unpaired) electrons. The first kappa shape index (κ1) is 11.7. The average molecular weight is 206 g/mol. The zero-order chi connectivity index (χ0) is 11.3. The van der Waals surface area contributed by atoms with Crippen molar-refractivity contribution < 1.29 is 4.79 Å². The highest BCUT2D eigenvalue weighted by atomic mass is 16.1. The molecular weight excluding hydrogens is 188 g/mol. The molecule has 0 saturated heterocycles. The molecule has 0 aliphatic rings. The van der Waals surface area contributed by atoms with Crippen LogP contribution in [0.25, 0.3) is 0 Å². The molecule has 0 fully saturated rings. The van der Waals surface area contributed by atoms with Crippen LogP contribution in [0.15, 0.2) is 24.3 Å². The van der Waals surface area contributed by atoms with Crippen LogP contribution >= 0.6 is 0 Å². The van der Waals surface area contributed by atoms with Crippen molar-refractivity contribution >= 4 is 11.6 Å². The van der Waals surface area contributed by atoms with Gasteiger partial charge in [-0.25, -0.2) is 0 Å². The van der Waals surface area contributed by atoms with E-state index in [0.717, 1.165) is 5.69 Å². The van der Waals surface area contributed by atoms with E-state index in [0.29, 0.717) is 12.5 Å². The largest absolute Gasteiger partial charge is 0.325 e. The number of carbonyl (C=O) groups is 1. The van der Waals surface area contributed by atoms with Crippen LogP contribution in [0.4, 0.5) is 5.69 Å². The summed E-state index contributed by atoms with van der Waals surface area (Å²) in [6.07, 6.45) is 0. The molecule has 2 N–H and O–H groups in total. The summed E-state index contributed by atoms with van der Waals surface area (Å²) in [5.41, 5.74) is 2.13. The van der Waals surface area contributed by atoms with Gasteiger partial charge in [0.05, 0.1) is 6.54 Å². The van der Waals surface area contributed by atoms with E-state index in [1.165, 1.54) is 5.56 Å². The molecule has 1 aromatic carbocycles. The Morgan fingerprint density at radius 2 is 1.87 bits per heavy atom. The quantitative estimate of drug-likeness (QED) is 0.790. The SMILES string of the molecule is CNCC(=O)Nc1ccc(C(C)C)cc1. The summed E-state index contributed by atoms with van der Waals surface area (Å²) in [7, 11) is 1.75. The molecular formula is C12H18N2O. The summed E-state index contributed by atoms with van der Waals surface area (Å²) >= 11 is 0. The van der Waals surface area contributed by atoms with Gasteiger partial charge in [-0.05, 0) is 30.7 Å². The Kier molecular flexibility index (Phi) is 4.31. The van der Waals surface area contributed by atoms with Crippen LogP contribution in [-0.2, 0) is 4.79 Å². The molecule has 0 saturated carbocycles. The lowest BCUT2D eigenvalue weighted by Gasteiger charge is -2.08. The van der Waals surface area contributed by atoms with E-state index in [-0.39, 0.29) is 5.91 Å². The number of rotatable bonds is 4. The van der Waals surface area contributed by atoms with Gasteiger partial charge in [-0.15, -0.1) is 0 Å². The van der Waals surface area contributed by atoms with Gasteiger partial charge in [0.1, 0.15) is 0 Å². The molecule has 3 heteroatoms. The maximum absolute atomic E-state index is 11.3. The minimum atomic E-state index is -0.0187. The van der Waals surface area contributed by atoms with Crippen LogP contribution < -0.4 is 10.6 Å². The number of amides is 1. The Hall–Kier alpha value is -1.35. The zero-order valence-electron chi connectivity index (χ0n) is 9.50. The van der Waals surface area contributed by atoms with E-state index in [9.17, 15) is 4.79 Å². The second-order valence-electron chi connectivity index (χ2n) is 3.86. The van der Waals surface area contributed by atoms with Crippen LogP contribution in [0.2, 0.25) is 0 Å². The minimum absolute atomic E-state index is 0.0187. The number of hydrogen-bond donors (Lipinski definition) is 2. The average Bonchev–Trinajstić information content (AvgIpc) is 2.18. The van der Waals surface area contributed by atoms with Crippen molar-refractivity contribution in [2.75, 3.05) is 18.9 Å². The predicted octanol–water partition coefficient (Wildman–Crippen LogP) is 1.97. The standard InChI is InChI=1S/C12H18N2O/c1-9(2)10-4-6-11(7-5-10)14-12(15)8-13-3/h4-7,9,13H,8H2,1-3H3,(H,14,15). The molecule has 1 aromatic rings. The smallest absolute Gasteiger partial charge is 0.238 e. The summed E-state index contributed by atoms with van der Waals surface area (Å²) in [5, 5.41) is 5.61. The first-order valence-corrected chi connectivity index (χ1v) is 5.18. The molecule has 1 amide bonds. The number of nitrogens with one attached hydrogen (secondary N) is 2. The van der Waals surface area contributed by atoms with Gasteiger partial charge in [-0.1, -0.05) is 26.0 Å². The number of carbonyl (C=O) groups excluding carboxylic acids is 1. The lowest BCUT2D eigenvalue weighted by Crippen LogP contribution is -2.24. The van der Waals surface area contributed by atoms with Gasteiger partial charge in [0.15, 0.2) is 0 Å². The van der Waals surface area contributed by atoms with Gasteiger partial charge in [-0.3, -0.25) is 4.79 Å². The van der Waals surface area contributed by atoms with E-state index < -0.39 is 0 Å². The van der Waals surface area contributed by atoms with Gasteiger partial charge >= 0.3 is 0 Å². The first-order valence-electron chi connectivity index (χ1n) is 5.18. The summed E-state index contributed by atoms with van der Waals surface area (Å²) in [6, 6.07) is 7.95. The van der Waals surface area contributed by atoms with Crippen molar-refractivity contribution in [2.24, 2.45) is 0 Å². The second-order valence-corrected chi connectivity index (χ2v) is 3.86. The third kappa shape index (κ3) is 3.72. The van der Waals surface area contributed by atoms with E-state index in [4.69, 9.17) is 0 Å². The van der Waals surface area contributed by atoms with Crippen molar-refractivity contribution in [3.05, 3.63) is 29.8 Å². The minimum Gasteiger partial charge on any atom is -0.325 e. The molecule has 0 atom stereocenters. The highest BCUT2D eigenvalue weighted by molar-refractivity contribution is 5.92. The Labute approximate surface area is 90.9 Å². The van der Waals surface area contributed by atoms with Crippen LogP contribution in [-0.4, -0.2) is 19.5 Å². The van der Waals surface area contributed by atoms with Gasteiger partial charge < -0.3 is 10.6 Å². The summed E-state index contributed by atoms with van der Waals surface area (Å²) < 4.78 is 0. The Bertz CT molecular complexity index is 317. The van der Waals surface area contributed by atoms with Gasteiger partial charge in [-0.2, -0.15) is 0 Å². The molecule has 3 nitrogen and oxygen atoms in total. The van der Waals surface area contributed by atoms with Gasteiger partial charge in [0, 0.05) is 5.69 Å². The molecule has 1 rings (SSSR count). The summed E-state index contributed by atoms with van der Waals surface area (Å²) in [5.74, 6) is 0.502. The summed E-state index contributed by atoms with van der Waals surface area (Å²) in [6.45, 7) is 4.63. The van der Waals surface area contributed by atoms with Crippen LogP contribution in [0.5, 0.6) is 0 Å². The molecule has 0 aliphatic heterocycles. The monoisotopic (exact) mass is 206 g/mol. The fourth-order valence-corrected chi connectivity index (χ4v) is 1.32. The van der Waals surface area contributed by atoms with Crippen LogP contribution in [0, 0.1) is 0 Å². The van der Waals surface area contributed by atoms with Gasteiger partial charge in [0.25, 0.3) is 0 Å². The third-order valence-electron chi connectivity index (χ3n) is 2.20. The lowest BCUT2D eigenvalue weighted by atomic mass is 10.0. The maximum atomic E-state index is 11.3. The van der Waals surface area contributed by atoms with Crippen molar-refractivity contribution in [1.29, 1.82) is 0 Å². The highest BCUT2D eigenvalue weighted by Gasteiger charge is 2.01. The maximum Gasteiger partial charge on any atom is 0.238 e. The Balaban J connectivity index is 2.60. The van der Waals surface area contributed by atoms with Crippen LogP contribution in [0.3, 0.4) is 0 Å². The van der Waals surface area contributed by atoms with Crippen LogP contribution in [0.1, 0.15) is 25.3 Å². The normalized spacial score (nSPS) is 10.4. The topological polar surface area (TPSA) is 41.1 Å². The summed E-state index contributed by atoms with van der Waals surface area (Å²) in [4.78, 5) is 11.3. The fraction of sp³-hybridized carbons (Fsp3) is 0.417. The molecule has 0 bridgehead atoms. The number of likely N-dealkylation sites (N-methyl/N-ethyl adjacent to an activating group) is 1. The van der Waals surface area contributed by atoms with E-state index in [1.807, 2.05) is 24.3 Å². The van der Waals surface area contributed by atoms with Gasteiger partial charge in [0.2, 0.25) is 5.91 Å². The highest BCUT2D eigenvalue weighted by Crippen LogP contribution is 2.16. The first-order chi connectivity index (χ1) is 7.13. The van der Waals surface area contributed by atoms with Crippen molar-refractivity contribution in [2.45, 2.75) is 19.8 Å². The van der Waals surface area contributed by atoms with E-state index in [2.05, 4.69) is 24.5 Å². The third-order valence-corrected chi connectivity index (χ3v) is 2.20. The van der Waals surface area contributed by atoms with Crippen molar-refractivity contribution in [3.8, 4) is 0 Å². The predicted molar refractivity (Wildman–Crippen MR) is 63.1 cm³/mol. The molecule has 15 heavy (non-hydrogen) atoms. The second kappa shape index (κ2) is 5.51. The Morgan fingerprint density at radius 3 is 2.33 bits per heavy atom.